The van der Waals surface area contributed by atoms with Crippen LogP contribution < -0.4 is 0 Å². The molecule has 0 radical (unpaired) electrons. The van der Waals surface area contributed by atoms with Crippen LogP contribution in [0.1, 0.15) is 62.9 Å². The molecule has 0 aliphatic heterocycles. The summed E-state index contributed by atoms with van der Waals surface area (Å²) < 4.78 is 4.97. The Bertz CT molecular complexity index is 707. The van der Waals surface area contributed by atoms with E-state index in [2.05, 4.69) is 38.7 Å². The lowest BCUT2D eigenvalue weighted by atomic mass is 9.73. The molecule has 0 amide bonds. The molecule has 0 unspecified atom stereocenters. The van der Waals surface area contributed by atoms with Gasteiger partial charge in [0.15, 0.2) is 0 Å². The molecule has 0 N–H and O–H groups in total. The second-order valence-electron chi connectivity index (χ2n) is 6.83. The van der Waals surface area contributed by atoms with Crippen LogP contribution in [0.25, 0.3) is 0 Å². The number of rotatable bonds is 3. The highest BCUT2D eigenvalue weighted by Crippen LogP contribution is 2.40. The van der Waals surface area contributed by atoms with Crippen LogP contribution in [0.15, 0.2) is 47.6 Å². The van der Waals surface area contributed by atoms with Gasteiger partial charge >= 0.3 is 5.97 Å². The number of esters is 1. The molecule has 2 heteroatoms. The van der Waals surface area contributed by atoms with Crippen LogP contribution in [-0.4, -0.2) is 12.6 Å². The SMILES string of the molecule is CCOC(=O)c1ccc(C#C/C=C/C2=C(C)CCCC2(C)C)cc1. The van der Waals surface area contributed by atoms with E-state index < -0.39 is 0 Å². The summed E-state index contributed by atoms with van der Waals surface area (Å²) in [7, 11) is 0. The molecule has 1 aromatic rings. The Labute approximate surface area is 145 Å². The molecular weight excluding hydrogens is 296 g/mol. The van der Waals surface area contributed by atoms with Crippen molar-refractivity contribution in [3.63, 3.8) is 0 Å². The highest BCUT2D eigenvalue weighted by molar-refractivity contribution is 5.89. The number of carbonyl (C=O) groups is 1. The minimum Gasteiger partial charge on any atom is -0.462 e. The van der Waals surface area contributed by atoms with Crippen LogP contribution in [0.2, 0.25) is 0 Å². The van der Waals surface area contributed by atoms with E-state index in [0.29, 0.717) is 12.2 Å². The van der Waals surface area contributed by atoms with Gasteiger partial charge in [-0.2, -0.15) is 0 Å². The van der Waals surface area contributed by atoms with Gasteiger partial charge in [-0.15, -0.1) is 0 Å². The number of hydrogen-bond acceptors (Lipinski definition) is 2. The molecule has 1 aromatic carbocycles. The van der Waals surface area contributed by atoms with Gasteiger partial charge in [0.25, 0.3) is 0 Å². The lowest BCUT2D eigenvalue weighted by Crippen LogP contribution is -2.18. The van der Waals surface area contributed by atoms with Crippen molar-refractivity contribution in [3.8, 4) is 11.8 Å². The Balaban J connectivity index is 2.06. The first-order chi connectivity index (χ1) is 11.4. The standard InChI is InChI=1S/C22H26O2/c1-5-24-21(23)19-14-12-18(13-15-19)10-6-7-11-20-17(2)9-8-16-22(20,3)4/h7,11-15H,5,8-9,16H2,1-4H3/b11-7+. The summed E-state index contributed by atoms with van der Waals surface area (Å²) in [6, 6.07) is 7.20. The highest BCUT2D eigenvalue weighted by Gasteiger charge is 2.26. The summed E-state index contributed by atoms with van der Waals surface area (Å²) in [5.74, 6) is 5.92. The average molecular weight is 322 g/mol. The van der Waals surface area contributed by atoms with Crippen LogP contribution in [0.5, 0.6) is 0 Å². The fourth-order valence-corrected chi connectivity index (χ4v) is 3.16. The third-order valence-corrected chi connectivity index (χ3v) is 4.49. The molecule has 0 saturated heterocycles. The molecule has 1 aliphatic carbocycles. The molecule has 0 heterocycles. The Morgan fingerprint density at radius 3 is 2.62 bits per heavy atom. The first-order valence-corrected chi connectivity index (χ1v) is 8.59. The van der Waals surface area contributed by atoms with Gasteiger partial charge in [0.05, 0.1) is 12.2 Å². The van der Waals surface area contributed by atoms with E-state index in [9.17, 15) is 4.79 Å². The molecule has 2 nitrogen and oxygen atoms in total. The highest BCUT2D eigenvalue weighted by atomic mass is 16.5. The topological polar surface area (TPSA) is 26.3 Å². The fraction of sp³-hybridized carbons (Fsp3) is 0.409. The van der Waals surface area contributed by atoms with Crippen molar-refractivity contribution < 1.29 is 9.53 Å². The lowest BCUT2D eigenvalue weighted by molar-refractivity contribution is 0.0526. The molecule has 24 heavy (non-hydrogen) atoms. The van der Waals surface area contributed by atoms with Crippen molar-refractivity contribution in [3.05, 3.63) is 58.7 Å². The van der Waals surface area contributed by atoms with Gasteiger partial charge in [0, 0.05) is 5.56 Å². The molecule has 126 valence electrons. The van der Waals surface area contributed by atoms with Crippen LogP contribution in [0.4, 0.5) is 0 Å². The molecule has 0 atom stereocenters. The van der Waals surface area contributed by atoms with Crippen molar-refractivity contribution >= 4 is 5.97 Å². The van der Waals surface area contributed by atoms with Crippen molar-refractivity contribution in [2.24, 2.45) is 5.41 Å². The first kappa shape index (κ1) is 18.1. The fourth-order valence-electron chi connectivity index (χ4n) is 3.16. The number of hydrogen-bond donors (Lipinski definition) is 0. The zero-order valence-corrected chi connectivity index (χ0v) is 15.1. The number of carbonyl (C=O) groups excluding carboxylic acids is 1. The number of ether oxygens (including phenoxy) is 1. The van der Waals surface area contributed by atoms with Gasteiger partial charge in [-0.05, 0) is 74.4 Å². The predicted molar refractivity (Wildman–Crippen MR) is 98.7 cm³/mol. The Morgan fingerprint density at radius 2 is 2.00 bits per heavy atom. The van der Waals surface area contributed by atoms with Gasteiger partial charge in [-0.25, -0.2) is 4.79 Å². The van der Waals surface area contributed by atoms with Crippen molar-refractivity contribution in [2.45, 2.75) is 47.0 Å². The number of allylic oxidation sites excluding steroid dienone is 4. The minimum atomic E-state index is -0.293. The third kappa shape index (κ3) is 4.61. The second kappa shape index (κ2) is 8.02. The summed E-state index contributed by atoms with van der Waals surface area (Å²) in [6.45, 7) is 9.02. The summed E-state index contributed by atoms with van der Waals surface area (Å²) in [5, 5.41) is 0. The zero-order chi connectivity index (χ0) is 17.6. The summed E-state index contributed by atoms with van der Waals surface area (Å²) in [5.41, 5.74) is 4.58. The molecule has 0 aromatic heterocycles. The van der Waals surface area contributed by atoms with Crippen molar-refractivity contribution in [2.75, 3.05) is 6.61 Å². The van der Waals surface area contributed by atoms with Crippen molar-refractivity contribution in [1.82, 2.24) is 0 Å². The first-order valence-electron chi connectivity index (χ1n) is 8.59. The second-order valence-corrected chi connectivity index (χ2v) is 6.83. The number of benzene rings is 1. The van der Waals surface area contributed by atoms with Crippen LogP contribution in [0, 0.1) is 17.3 Å². The van der Waals surface area contributed by atoms with E-state index in [1.54, 1.807) is 19.1 Å². The maximum absolute atomic E-state index is 11.6. The molecule has 0 fully saturated rings. The van der Waals surface area contributed by atoms with Gasteiger partial charge in [-0.1, -0.05) is 37.3 Å². The Kier molecular flexibility index (Phi) is 6.04. The smallest absolute Gasteiger partial charge is 0.338 e. The van der Waals surface area contributed by atoms with Gasteiger partial charge in [0.1, 0.15) is 0 Å². The third-order valence-electron chi connectivity index (χ3n) is 4.49. The molecule has 1 aliphatic rings. The lowest BCUT2D eigenvalue weighted by Gasteiger charge is -2.32. The van der Waals surface area contributed by atoms with E-state index in [4.69, 9.17) is 4.74 Å². The van der Waals surface area contributed by atoms with Gasteiger partial charge < -0.3 is 4.74 Å². The summed E-state index contributed by atoms with van der Waals surface area (Å²) >= 11 is 0. The van der Waals surface area contributed by atoms with Crippen LogP contribution >= 0.6 is 0 Å². The monoisotopic (exact) mass is 322 g/mol. The predicted octanol–water partition coefficient (Wildman–Crippen LogP) is 5.30. The van der Waals surface area contributed by atoms with E-state index in [1.165, 1.54) is 30.4 Å². The van der Waals surface area contributed by atoms with E-state index in [0.717, 1.165) is 5.56 Å². The Morgan fingerprint density at radius 1 is 1.29 bits per heavy atom. The van der Waals surface area contributed by atoms with E-state index >= 15 is 0 Å². The summed E-state index contributed by atoms with van der Waals surface area (Å²) in [4.78, 5) is 11.6. The normalized spacial score (nSPS) is 16.7. The minimum absolute atomic E-state index is 0.238. The molecule has 0 bridgehead atoms. The van der Waals surface area contributed by atoms with E-state index in [1.807, 2.05) is 18.2 Å². The maximum Gasteiger partial charge on any atom is 0.338 e. The van der Waals surface area contributed by atoms with Crippen LogP contribution in [0.3, 0.4) is 0 Å². The van der Waals surface area contributed by atoms with Gasteiger partial charge in [-0.3, -0.25) is 0 Å². The van der Waals surface area contributed by atoms with Crippen molar-refractivity contribution in [1.29, 1.82) is 0 Å². The molecular formula is C22H26O2. The van der Waals surface area contributed by atoms with Crippen LogP contribution in [-0.2, 0) is 4.74 Å². The average Bonchev–Trinajstić information content (AvgIpc) is 2.54. The largest absolute Gasteiger partial charge is 0.462 e. The molecule has 0 spiro atoms. The molecule has 0 saturated carbocycles. The molecule has 2 rings (SSSR count). The Hall–Kier alpha value is -2.27. The van der Waals surface area contributed by atoms with Gasteiger partial charge in [0.2, 0.25) is 0 Å². The maximum atomic E-state index is 11.6. The zero-order valence-electron chi connectivity index (χ0n) is 15.1. The summed E-state index contributed by atoms with van der Waals surface area (Å²) in [6.07, 6.45) is 7.78. The quantitative estimate of drug-likeness (QED) is 0.558. The van der Waals surface area contributed by atoms with E-state index in [-0.39, 0.29) is 11.4 Å².